The molecule has 3 aromatic carbocycles. The maximum Gasteiger partial charge on any atom is 0.264 e. The molecule has 0 bridgehead atoms. The van der Waals surface area contributed by atoms with E-state index in [1.807, 2.05) is 36.0 Å². The number of hydrogen-bond acceptors (Lipinski definition) is 6. The minimum absolute atomic E-state index is 0.0124. The van der Waals surface area contributed by atoms with Gasteiger partial charge in [0, 0.05) is 11.5 Å². The van der Waals surface area contributed by atoms with E-state index in [0.717, 1.165) is 39.3 Å². The van der Waals surface area contributed by atoms with Gasteiger partial charge in [0.1, 0.15) is 24.2 Å². The molecule has 4 rings (SSSR count). The minimum Gasteiger partial charge on any atom is -0.489 e. The summed E-state index contributed by atoms with van der Waals surface area (Å²) in [5, 5.41) is 3.92. The molecule has 0 aromatic heterocycles. The summed E-state index contributed by atoms with van der Waals surface area (Å²) >= 11 is 1.84. The Morgan fingerprint density at radius 2 is 1.74 bits per heavy atom. The van der Waals surface area contributed by atoms with Crippen molar-refractivity contribution in [1.29, 1.82) is 0 Å². The Hall–Kier alpha value is -3.37. The van der Waals surface area contributed by atoms with Crippen molar-refractivity contribution in [2.45, 2.75) is 11.0 Å². The molecule has 0 radical (unpaired) electrons. The maximum absolute atomic E-state index is 13.4. The number of nitrogens with one attached hydrogen (secondary N) is 1. The van der Waals surface area contributed by atoms with Gasteiger partial charge in [-0.1, -0.05) is 18.2 Å². The van der Waals surface area contributed by atoms with E-state index in [9.17, 15) is 17.6 Å². The Labute approximate surface area is 201 Å². The predicted molar refractivity (Wildman–Crippen MR) is 131 cm³/mol. The quantitative estimate of drug-likeness (QED) is 0.359. The van der Waals surface area contributed by atoms with Gasteiger partial charge in [-0.05, 0) is 66.2 Å². The topological polar surface area (TPSA) is 88.1 Å². The molecule has 176 valence electrons. The molecule has 1 aliphatic rings. The number of hydrazone groups is 1. The van der Waals surface area contributed by atoms with Gasteiger partial charge in [-0.2, -0.15) is 16.9 Å². The maximum atomic E-state index is 13.4. The second-order valence-electron chi connectivity index (χ2n) is 7.44. The number of halogens is 1. The average molecular weight is 500 g/mol. The van der Waals surface area contributed by atoms with Gasteiger partial charge in [-0.15, -0.1) is 0 Å². The van der Waals surface area contributed by atoms with Crippen LogP contribution in [0.1, 0.15) is 5.56 Å². The Balaban J connectivity index is 1.43. The molecule has 1 heterocycles. The van der Waals surface area contributed by atoms with Gasteiger partial charge in [0.15, 0.2) is 0 Å². The van der Waals surface area contributed by atoms with Crippen LogP contribution in [0.15, 0.2) is 88.9 Å². The van der Waals surface area contributed by atoms with Gasteiger partial charge in [0.05, 0.1) is 16.8 Å². The highest BCUT2D eigenvalue weighted by Crippen LogP contribution is 2.25. The molecule has 0 spiro atoms. The first kappa shape index (κ1) is 23.8. The molecule has 0 saturated carbocycles. The molecular weight excluding hydrogens is 477 g/mol. The zero-order chi connectivity index (χ0) is 24.0. The van der Waals surface area contributed by atoms with Crippen LogP contribution in [-0.2, 0) is 14.8 Å². The number of nitrogens with zero attached hydrogens (tertiary/aromatic N) is 2. The van der Waals surface area contributed by atoms with Gasteiger partial charge in [0.25, 0.3) is 15.9 Å². The van der Waals surface area contributed by atoms with E-state index >= 15 is 0 Å². The number of amides is 1. The minimum atomic E-state index is -4.07. The molecule has 34 heavy (non-hydrogen) atoms. The molecule has 1 aliphatic heterocycles. The van der Waals surface area contributed by atoms with E-state index in [1.165, 1.54) is 30.5 Å². The van der Waals surface area contributed by atoms with Crippen LogP contribution < -0.4 is 14.5 Å². The number of thioether (sulfide) groups is 1. The fourth-order valence-corrected chi connectivity index (χ4v) is 5.10. The first-order chi connectivity index (χ1) is 16.4. The second kappa shape index (κ2) is 10.7. The van der Waals surface area contributed by atoms with Crippen molar-refractivity contribution < 1.29 is 22.3 Å². The van der Waals surface area contributed by atoms with Gasteiger partial charge in [-0.3, -0.25) is 9.10 Å². The normalized spacial score (nSPS) is 13.9. The zero-order valence-corrected chi connectivity index (χ0v) is 19.6. The SMILES string of the molecule is O=C(CN(c1ccc(F)cc1)S(=O)(=O)c1ccccc1)N/N=C\c1ccc(OC2CSC2)cc1. The number of hydrogen-bond donors (Lipinski definition) is 1. The zero-order valence-electron chi connectivity index (χ0n) is 18.0. The number of carbonyl (C=O) groups excluding carboxylic acids is 1. The lowest BCUT2D eigenvalue weighted by molar-refractivity contribution is -0.119. The van der Waals surface area contributed by atoms with Crippen LogP contribution in [0.4, 0.5) is 10.1 Å². The van der Waals surface area contributed by atoms with Gasteiger partial charge >= 0.3 is 0 Å². The number of rotatable bonds is 9. The first-order valence-corrected chi connectivity index (χ1v) is 13.0. The van der Waals surface area contributed by atoms with E-state index in [2.05, 4.69) is 10.5 Å². The summed E-state index contributed by atoms with van der Waals surface area (Å²) in [6.45, 7) is -0.535. The lowest BCUT2D eigenvalue weighted by Gasteiger charge is -2.25. The van der Waals surface area contributed by atoms with Crippen LogP contribution in [0.2, 0.25) is 0 Å². The summed E-state index contributed by atoms with van der Waals surface area (Å²) < 4.78 is 46.5. The third-order valence-corrected chi connectivity index (χ3v) is 7.93. The highest BCUT2D eigenvalue weighted by Gasteiger charge is 2.27. The summed E-state index contributed by atoms with van der Waals surface area (Å²) in [6, 6.07) is 19.9. The standard InChI is InChI=1S/C24H22FN3O4S2/c25-19-8-10-20(11-9-19)28(34(30,31)23-4-2-1-3-5-23)15-24(29)27-26-14-18-6-12-21(13-7-18)32-22-16-33-17-22/h1-14,22H,15-17H2,(H,27,29)/b26-14-. The van der Waals surface area contributed by atoms with Crippen LogP contribution >= 0.6 is 11.8 Å². The monoisotopic (exact) mass is 499 g/mol. The number of ether oxygens (including phenoxy) is 1. The van der Waals surface area contributed by atoms with Crippen molar-refractivity contribution in [3.05, 3.63) is 90.2 Å². The molecule has 7 nitrogen and oxygen atoms in total. The van der Waals surface area contributed by atoms with E-state index in [4.69, 9.17) is 4.74 Å². The van der Waals surface area contributed by atoms with Crippen LogP contribution in [0.25, 0.3) is 0 Å². The molecule has 0 aliphatic carbocycles. The number of anilines is 1. The Kier molecular flexibility index (Phi) is 7.49. The third kappa shape index (κ3) is 5.95. The van der Waals surface area contributed by atoms with E-state index in [1.54, 1.807) is 18.2 Å². The summed E-state index contributed by atoms with van der Waals surface area (Å²) in [7, 11) is -4.07. The molecule has 1 amide bonds. The second-order valence-corrected chi connectivity index (χ2v) is 10.4. The smallest absolute Gasteiger partial charge is 0.264 e. The van der Waals surface area contributed by atoms with E-state index < -0.39 is 28.3 Å². The van der Waals surface area contributed by atoms with Gasteiger partial charge in [-0.25, -0.2) is 18.2 Å². The van der Waals surface area contributed by atoms with Gasteiger partial charge < -0.3 is 4.74 Å². The summed E-state index contributed by atoms with van der Waals surface area (Å²) in [5.41, 5.74) is 3.24. The summed E-state index contributed by atoms with van der Waals surface area (Å²) in [6.07, 6.45) is 1.70. The molecule has 0 atom stereocenters. The van der Waals surface area contributed by atoms with Crippen molar-refractivity contribution in [1.82, 2.24) is 5.43 Å². The molecule has 1 fully saturated rings. The predicted octanol–water partition coefficient (Wildman–Crippen LogP) is 3.67. The lowest BCUT2D eigenvalue weighted by atomic mass is 10.2. The third-order valence-electron chi connectivity index (χ3n) is 4.93. The van der Waals surface area contributed by atoms with Crippen molar-refractivity contribution in [3.63, 3.8) is 0 Å². The van der Waals surface area contributed by atoms with Crippen molar-refractivity contribution in [2.75, 3.05) is 22.4 Å². The van der Waals surface area contributed by atoms with Crippen molar-refractivity contribution in [2.24, 2.45) is 5.10 Å². The fourth-order valence-electron chi connectivity index (χ4n) is 3.09. The van der Waals surface area contributed by atoms with Crippen LogP contribution in [0.5, 0.6) is 5.75 Å². The molecule has 10 heteroatoms. The highest BCUT2D eigenvalue weighted by atomic mass is 32.2. The average Bonchev–Trinajstić information content (AvgIpc) is 2.82. The number of benzene rings is 3. The van der Waals surface area contributed by atoms with Crippen LogP contribution in [-0.4, -0.2) is 44.7 Å². The molecule has 0 unspecified atom stereocenters. The van der Waals surface area contributed by atoms with Crippen LogP contribution in [0, 0.1) is 5.82 Å². The Morgan fingerprint density at radius 1 is 1.06 bits per heavy atom. The number of sulfonamides is 1. The Morgan fingerprint density at radius 3 is 2.35 bits per heavy atom. The van der Waals surface area contributed by atoms with E-state index in [-0.39, 0.29) is 16.7 Å². The van der Waals surface area contributed by atoms with Gasteiger partial charge in [0.2, 0.25) is 0 Å². The largest absolute Gasteiger partial charge is 0.489 e. The van der Waals surface area contributed by atoms with Crippen molar-refractivity contribution >= 4 is 39.6 Å². The highest BCUT2D eigenvalue weighted by molar-refractivity contribution is 8.00. The van der Waals surface area contributed by atoms with E-state index in [0.29, 0.717) is 0 Å². The fraction of sp³-hybridized carbons (Fsp3) is 0.167. The molecule has 3 aromatic rings. The summed E-state index contributed by atoms with van der Waals surface area (Å²) in [4.78, 5) is 12.6. The Bertz CT molecular complexity index is 1250. The summed E-state index contributed by atoms with van der Waals surface area (Å²) in [5.74, 6) is 1.59. The molecule has 1 saturated heterocycles. The lowest BCUT2D eigenvalue weighted by Crippen LogP contribution is -2.39. The molecule has 1 N–H and O–H groups in total. The molecular formula is C24H22FN3O4S2. The number of carbonyl (C=O) groups is 1. The van der Waals surface area contributed by atoms with Crippen LogP contribution in [0.3, 0.4) is 0 Å². The van der Waals surface area contributed by atoms with Crippen molar-refractivity contribution in [3.8, 4) is 5.75 Å². The first-order valence-electron chi connectivity index (χ1n) is 10.4.